The normalized spacial score (nSPS) is 22.8. The Morgan fingerprint density at radius 3 is 2.85 bits per heavy atom. The second-order valence-electron chi connectivity index (χ2n) is 4.30. The summed E-state index contributed by atoms with van der Waals surface area (Å²) < 4.78 is 0. The Balaban J connectivity index is 1.97. The molecule has 0 bridgehead atoms. The number of nitrogens with one attached hydrogen (secondary N) is 1. The molecule has 1 rings (SSSR count). The van der Waals surface area contributed by atoms with Gasteiger partial charge in [0.25, 0.3) is 0 Å². The highest BCUT2D eigenvalue weighted by molar-refractivity contribution is 4.71. The number of hydrogen-bond acceptors (Lipinski definition) is 2. The molecule has 13 heavy (non-hydrogen) atoms. The smallest absolute Gasteiger partial charge is 0.00187 e. The molecule has 1 unspecified atom stereocenters. The van der Waals surface area contributed by atoms with E-state index in [0.29, 0.717) is 0 Å². The maximum absolute atomic E-state index is 3.42. The lowest BCUT2D eigenvalue weighted by Gasteiger charge is -2.18. The monoisotopic (exact) mass is 184 g/mol. The topological polar surface area (TPSA) is 15.3 Å². The van der Waals surface area contributed by atoms with E-state index in [1.54, 1.807) is 0 Å². The lowest BCUT2D eigenvalue weighted by atomic mass is 10.1. The third-order valence-corrected chi connectivity index (χ3v) is 2.97. The summed E-state index contributed by atoms with van der Waals surface area (Å²) in [5, 5.41) is 3.42. The first-order chi connectivity index (χ1) is 6.33. The van der Waals surface area contributed by atoms with Gasteiger partial charge in [0.15, 0.2) is 0 Å². The first kappa shape index (κ1) is 11.0. The van der Waals surface area contributed by atoms with Crippen LogP contribution in [0.5, 0.6) is 0 Å². The maximum atomic E-state index is 3.42. The highest BCUT2D eigenvalue weighted by atomic mass is 15.1. The van der Waals surface area contributed by atoms with Gasteiger partial charge < -0.3 is 10.2 Å². The Bertz CT molecular complexity index is 119. The molecule has 0 aromatic heterocycles. The molecule has 1 atom stereocenters. The molecule has 0 aromatic rings. The summed E-state index contributed by atoms with van der Waals surface area (Å²) in [7, 11) is 2.25. The van der Waals surface area contributed by atoms with E-state index in [2.05, 4.69) is 24.2 Å². The van der Waals surface area contributed by atoms with Gasteiger partial charge >= 0.3 is 0 Å². The van der Waals surface area contributed by atoms with E-state index in [4.69, 9.17) is 0 Å². The third kappa shape index (κ3) is 4.63. The van der Waals surface area contributed by atoms with Crippen molar-refractivity contribution in [2.24, 2.45) is 5.92 Å². The van der Waals surface area contributed by atoms with Gasteiger partial charge in [0.05, 0.1) is 0 Å². The van der Waals surface area contributed by atoms with Gasteiger partial charge in [-0.1, -0.05) is 13.3 Å². The summed E-state index contributed by atoms with van der Waals surface area (Å²) in [6.45, 7) is 7.31. The molecule has 1 aliphatic heterocycles. The van der Waals surface area contributed by atoms with Crippen LogP contribution in [0.1, 0.15) is 32.6 Å². The average Bonchev–Trinajstić information content (AvgIpc) is 2.64. The minimum atomic E-state index is 0.948. The minimum Gasteiger partial charge on any atom is -0.316 e. The van der Waals surface area contributed by atoms with Gasteiger partial charge in [0, 0.05) is 0 Å². The average molecular weight is 184 g/mol. The summed E-state index contributed by atoms with van der Waals surface area (Å²) in [5.41, 5.74) is 0. The summed E-state index contributed by atoms with van der Waals surface area (Å²) in [4.78, 5) is 2.47. The van der Waals surface area contributed by atoms with Crippen LogP contribution in [-0.4, -0.2) is 38.1 Å². The Labute approximate surface area is 82.7 Å². The van der Waals surface area contributed by atoms with Crippen molar-refractivity contribution in [3.63, 3.8) is 0 Å². The first-order valence-corrected chi connectivity index (χ1v) is 5.72. The van der Waals surface area contributed by atoms with Crippen LogP contribution in [0.15, 0.2) is 0 Å². The van der Waals surface area contributed by atoms with E-state index in [9.17, 15) is 0 Å². The molecule has 0 aromatic carbocycles. The molecule has 1 heterocycles. The van der Waals surface area contributed by atoms with E-state index in [-0.39, 0.29) is 0 Å². The minimum absolute atomic E-state index is 0.948. The molecule has 78 valence electrons. The zero-order valence-corrected chi connectivity index (χ0v) is 9.18. The summed E-state index contributed by atoms with van der Waals surface area (Å²) in [6, 6.07) is 0. The van der Waals surface area contributed by atoms with E-state index in [1.165, 1.54) is 51.9 Å². The molecule has 2 nitrogen and oxygen atoms in total. The van der Waals surface area contributed by atoms with Crippen LogP contribution < -0.4 is 5.32 Å². The third-order valence-electron chi connectivity index (χ3n) is 2.97. The standard InChI is InChI=1S/C11H24N2/c1-3-4-8-13(2)9-6-11-5-7-12-10-11/h11-12H,3-10H2,1-2H3. The van der Waals surface area contributed by atoms with Crippen molar-refractivity contribution < 1.29 is 0 Å². The number of unbranched alkanes of at least 4 members (excludes halogenated alkanes) is 1. The van der Waals surface area contributed by atoms with E-state index >= 15 is 0 Å². The lowest BCUT2D eigenvalue weighted by Crippen LogP contribution is -2.23. The number of rotatable bonds is 6. The highest BCUT2D eigenvalue weighted by Gasteiger charge is 2.14. The van der Waals surface area contributed by atoms with Crippen LogP contribution >= 0.6 is 0 Å². The van der Waals surface area contributed by atoms with Crippen molar-refractivity contribution >= 4 is 0 Å². The molecule has 0 aliphatic carbocycles. The summed E-state index contributed by atoms with van der Waals surface area (Å²) >= 11 is 0. The van der Waals surface area contributed by atoms with Gasteiger partial charge in [-0.3, -0.25) is 0 Å². The lowest BCUT2D eigenvalue weighted by molar-refractivity contribution is 0.300. The zero-order valence-electron chi connectivity index (χ0n) is 9.18. The van der Waals surface area contributed by atoms with Crippen molar-refractivity contribution in [3.8, 4) is 0 Å². The van der Waals surface area contributed by atoms with Crippen LogP contribution in [0.4, 0.5) is 0 Å². The molecule has 0 spiro atoms. The molecule has 0 amide bonds. The van der Waals surface area contributed by atoms with Gasteiger partial charge in [0.1, 0.15) is 0 Å². The predicted octanol–water partition coefficient (Wildman–Crippen LogP) is 1.72. The Morgan fingerprint density at radius 2 is 2.23 bits per heavy atom. The Kier molecular flexibility index (Phi) is 5.40. The first-order valence-electron chi connectivity index (χ1n) is 5.72. The fourth-order valence-electron chi connectivity index (χ4n) is 1.90. The van der Waals surface area contributed by atoms with Gasteiger partial charge in [-0.25, -0.2) is 0 Å². The molecule has 1 saturated heterocycles. The SMILES string of the molecule is CCCCN(C)CCC1CCNC1. The Hall–Kier alpha value is -0.0800. The van der Waals surface area contributed by atoms with E-state index in [1.807, 2.05) is 0 Å². The van der Waals surface area contributed by atoms with Crippen LogP contribution in [-0.2, 0) is 0 Å². The van der Waals surface area contributed by atoms with Crippen molar-refractivity contribution in [1.29, 1.82) is 0 Å². The molecule has 1 fully saturated rings. The Morgan fingerprint density at radius 1 is 1.38 bits per heavy atom. The molecule has 0 radical (unpaired) electrons. The van der Waals surface area contributed by atoms with Gasteiger partial charge in [-0.2, -0.15) is 0 Å². The largest absolute Gasteiger partial charge is 0.316 e. The second-order valence-corrected chi connectivity index (χ2v) is 4.30. The zero-order chi connectivity index (χ0) is 9.52. The summed E-state index contributed by atoms with van der Waals surface area (Å²) in [6.07, 6.45) is 5.43. The van der Waals surface area contributed by atoms with Crippen molar-refractivity contribution in [3.05, 3.63) is 0 Å². The highest BCUT2D eigenvalue weighted by Crippen LogP contribution is 2.12. The van der Waals surface area contributed by atoms with E-state index in [0.717, 1.165) is 5.92 Å². The van der Waals surface area contributed by atoms with Gasteiger partial charge in [0.2, 0.25) is 0 Å². The summed E-state index contributed by atoms with van der Waals surface area (Å²) in [5.74, 6) is 0.948. The predicted molar refractivity (Wildman–Crippen MR) is 58.0 cm³/mol. The quantitative estimate of drug-likeness (QED) is 0.676. The molecule has 1 N–H and O–H groups in total. The molecular formula is C11H24N2. The maximum Gasteiger partial charge on any atom is -0.00187 e. The van der Waals surface area contributed by atoms with Gasteiger partial charge in [-0.15, -0.1) is 0 Å². The van der Waals surface area contributed by atoms with Crippen molar-refractivity contribution in [1.82, 2.24) is 10.2 Å². The van der Waals surface area contributed by atoms with Crippen LogP contribution in [0, 0.1) is 5.92 Å². The van der Waals surface area contributed by atoms with Crippen LogP contribution in [0.2, 0.25) is 0 Å². The van der Waals surface area contributed by atoms with E-state index < -0.39 is 0 Å². The fraction of sp³-hybridized carbons (Fsp3) is 1.00. The van der Waals surface area contributed by atoms with Crippen LogP contribution in [0.25, 0.3) is 0 Å². The van der Waals surface area contributed by atoms with Gasteiger partial charge in [-0.05, 0) is 58.4 Å². The van der Waals surface area contributed by atoms with Crippen molar-refractivity contribution in [2.75, 3.05) is 33.2 Å². The number of hydrogen-bond donors (Lipinski definition) is 1. The molecule has 0 saturated carbocycles. The van der Waals surface area contributed by atoms with Crippen molar-refractivity contribution in [2.45, 2.75) is 32.6 Å². The molecule has 1 aliphatic rings. The number of nitrogens with zero attached hydrogens (tertiary/aromatic N) is 1. The molecular weight excluding hydrogens is 160 g/mol. The second kappa shape index (κ2) is 6.39. The fourth-order valence-corrected chi connectivity index (χ4v) is 1.90. The molecule has 2 heteroatoms. The van der Waals surface area contributed by atoms with Crippen LogP contribution in [0.3, 0.4) is 0 Å².